The van der Waals surface area contributed by atoms with Crippen LogP contribution >= 0.6 is 11.3 Å². The second kappa shape index (κ2) is 9.81. The summed E-state index contributed by atoms with van der Waals surface area (Å²) in [5, 5.41) is 2.76. The van der Waals surface area contributed by atoms with E-state index in [1.165, 1.54) is 42.5 Å². The number of amides is 2. The van der Waals surface area contributed by atoms with Crippen molar-refractivity contribution in [3.63, 3.8) is 0 Å². The molecule has 2 aromatic carbocycles. The summed E-state index contributed by atoms with van der Waals surface area (Å²) in [6, 6.07) is 11.5. The molecule has 1 fully saturated rings. The lowest BCUT2D eigenvalue weighted by molar-refractivity contribution is -0.114. The van der Waals surface area contributed by atoms with Crippen molar-refractivity contribution >= 4 is 49.1 Å². The number of carbonyl (C=O) groups is 2. The summed E-state index contributed by atoms with van der Waals surface area (Å²) >= 11 is 1.36. The summed E-state index contributed by atoms with van der Waals surface area (Å²) in [6.45, 7) is 6.50. The Labute approximate surface area is 203 Å². The molecule has 0 bridgehead atoms. The molecule has 34 heavy (non-hydrogen) atoms. The first kappa shape index (κ1) is 24.3. The zero-order valence-electron chi connectivity index (χ0n) is 19.4. The fourth-order valence-corrected chi connectivity index (χ4v) is 7.06. The molecule has 1 unspecified atom stereocenters. The molecule has 1 aliphatic heterocycles. The van der Waals surface area contributed by atoms with Gasteiger partial charge in [-0.2, -0.15) is 9.30 Å². The summed E-state index contributed by atoms with van der Waals surface area (Å²) in [7, 11) is -3.59. The summed E-state index contributed by atoms with van der Waals surface area (Å²) in [4.78, 5) is 29.3. The Morgan fingerprint density at radius 1 is 1.15 bits per heavy atom. The van der Waals surface area contributed by atoms with E-state index in [9.17, 15) is 18.0 Å². The quantitative estimate of drug-likeness (QED) is 0.572. The lowest BCUT2D eigenvalue weighted by atomic mass is 10.1. The Morgan fingerprint density at radius 2 is 1.88 bits per heavy atom. The molecule has 0 radical (unpaired) electrons. The number of aryl methyl sites for hydroxylation is 1. The molecule has 0 saturated carbocycles. The van der Waals surface area contributed by atoms with E-state index in [1.807, 2.05) is 36.6 Å². The molecule has 4 rings (SSSR count). The minimum Gasteiger partial charge on any atom is -0.326 e. The standard InChI is InChI=1S/C24H28N4O4S2/c1-4-27-21-13-10-19(25-17(3)29)15-22(21)33-24(27)26-23(30)18-8-11-20(12-9-18)34(31,32)28-14-6-5-7-16(28)2/h8-13,15-16H,4-7,14H2,1-3H3,(H,25,29). The average Bonchev–Trinajstić information content (AvgIpc) is 3.14. The fourth-order valence-electron chi connectivity index (χ4n) is 4.23. The van der Waals surface area contributed by atoms with Gasteiger partial charge >= 0.3 is 0 Å². The Kier molecular flexibility index (Phi) is 7.01. The summed E-state index contributed by atoms with van der Waals surface area (Å²) in [5.41, 5.74) is 1.93. The van der Waals surface area contributed by atoms with Crippen LogP contribution in [0.4, 0.5) is 5.69 Å². The van der Waals surface area contributed by atoms with Crippen molar-refractivity contribution in [3.8, 4) is 0 Å². The van der Waals surface area contributed by atoms with Gasteiger partial charge in [0.05, 0.1) is 15.1 Å². The Bertz CT molecular complexity index is 1400. The van der Waals surface area contributed by atoms with E-state index < -0.39 is 15.9 Å². The maximum Gasteiger partial charge on any atom is 0.279 e. The number of sulfonamides is 1. The lowest BCUT2D eigenvalue weighted by Crippen LogP contribution is -2.41. The number of nitrogens with one attached hydrogen (secondary N) is 1. The number of rotatable bonds is 5. The molecular weight excluding hydrogens is 472 g/mol. The smallest absolute Gasteiger partial charge is 0.279 e. The maximum absolute atomic E-state index is 13.0. The van der Waals surface area contributed by atoms with Gasteiger partial charge in [-0.25, -0.2) is 8.42 Å². The van der Waals surface area contributed by atoms with Crippen LogP contribution in [0.3, 0.4) is 0 Å². The van der Waals surface area contributed by atoms with Crippen molar-refractivity contribution in [2.24, 2.45) is 4.99 Å². The minimum atomic E-state index is -3.59. The minimum absolute atomic E-state index is 0.0290. The normalized spacial score (nSPS) is 17.7. The number of carbonyl (C=O) groups excluding carboxylic acids is 2. The van der Waals surface area contributed by atoms with Crippen LogP contribution in [0.25, 0.3) is 10.2 Å². The van der Waals surface area contributed by atoms with Crippen molar-refractivity contribution in [2.45, 2.75) is 57.5 Å². The molecule has 1 aromatic heterocycles. The highest BCUT2D eigenvalue weighted by Crippen LogP contribution is 2.26. The molecule has 0 spiro atoms. The van der Waals surface area contributed by atoms with E-state index in [0.717, 1.165) is 29.5 Å². The average molecular weight is 501 g/mol. The van der Waals surface area contributed by atoms with Gasteiger partial charge in [-0.05, 0) is 69.2 Å². The fraction of sp³-hybridized carbons (Fsp3) is 0.375. The highest BCUT2D eigenvalue weighted by molar-refractivity contribution is 7.89. The molecule has 1 saturated heterocycles. The number of fused-ring (bicyclic) bond motifs is 1. The molecule has 1 N–H and O–H groups in total. The first-order chi connectivity index (χ1) is 16.2. The number of anilines is 1. The predicted octanol–water partition coefficient (Wildman–Crippen LogP) is 3.99. The van der Waals surface area contributed by atoms with Crippen LogP contribution in [0.5, 0.6) is 0 Å². The first-order valence-corrected chi connectivity index (χ1v) is 13.6. The second-order valence-corrected chi connectivity index (χ2v) is 11.3. The van der Waals surface area contributed by atoms with Crippen LogP contribution in [0, 0.1) is 0 Å². The zero-order valence-corrected chi connectivity index (χ0v) is 21.1. The van der Waals surface area contributed by atoms with Crippen LogP contribution in [-0.2, 0) is 21.4 Å². The maximum atomic E-state index is 13.0. The first-order valence-electron chi connectivity index (χ1n) is 11.3. The molecule has 1 atom stereocenters. The number of piperidine rings is 1. The van der Waals surface area contributed by atoms with Crippen LogP contribution in [0.15, 0.2) is 52.4 Å². The van der Waals surface area contributed by atoms with E-state index in [1.54, 1.807) is 4.31 Å². The van der Waals surface area contributed by atoms with E-state index in [4.69, 9.17) is 0 Å². The third-order valence-corrected chi connectivity index (χ3v) is 9.04. The summed E-state index contributed by atoms with van der Waals surface area (Å²) < 4.78 is 30.5. The Hall–Kier alpha value is -2.82. The van der Waals surface area contributed by atoms with Crippen LogP contribution in [-0.4, -0.2) is 41.7 Å². The zero-order chi connectivity index (χ0) is 24.5. The molecule has 10 heteroatoms. The monoisotopic (exact) mass is 500 g/mol. The second-order valence-electron chi connectivity index (χ2n) is 8.39. The molecular formula is C24H28N4O4S2. The van der Waals surface area contributed by atoms with Crippen LogP contribution < -0.4 is 10.1 Å². The van der Waals surface area contributed by atoms with Crippen molar-refractivity contribution in [2.75, 3.05) is 11.9 Å². The number of aromatic nitrogens is 1. The van der Waals surface area contributed by atoms with Gasteiger partial charge in [-0.15, -0.1) is 0 Å². The molecule has 2 heterocycles. The number of hydrogen-bond acceptors (Lipinski definition) is 5. The molecule has 0 aliphatic carbocycles. The SMILES string of the molecule is CCn1c(=NC(=O)c2ccc(S(=O)(=O)N3CCCCC3C)cc2)sc2cc(NC(C)=O)ccc21. The topological polar surface area (TPSA) is 101 Å². The van der Waals surface area contributed by atoms with E-state index >= 15 is 0 Å². The summed E-state index contributed by atoms with van der Waals surface area (Å²) in [5.74, 6) is -0.592. The van der Waals surface area contributed by atoms with Crippen molar-refractivity contribution in [3.05, 3.63) is 52.8 Å². The van der Waals surface area contributed by atoms with Crippen LogP contribution in [0.1, 0.15) is 50.4 Å². The predicted molar refractivity (Wildman–Crippen MR) is 133 cm³/mol. The molecule has 2 amide bonds. The van der Waals surface area contributed by atoms with E-state index in [2.05, 4.69) is 10.3 Å². The third kappa shape index (κ3) is 4.84. The molecule has 8 nitrogen and oxygen atoms in total. The summed E-state index contributed by atoms with van der Waals surface area (Å²) in [6.07, 6.45) is 2.75. The van der Waals surface area contributed by atoms with Gasteiger partial charge < -0.3 is 9.88 Å². The van der Waals surface area contributed by atoms with Crippen molar-refractivity contribution < 1.29 is 18.0 Å². The van der Waals surface area contributed by atoms with E-state index in [0.29, 0.717) is 29.1 Å². The van der Waals surface area contributed by atoms with Gasteiger partial charge in [0, 0.05) is 37.3 Å². The highest BCUT2D eigenvalue weighted by atomic mass is 32.2. The van der Waals surface area contributed by atoms with Gasteiger partial charge in [0.15, 0.2) is 4.80 Å². The number of thiazole rings is 1. The van der Waals surface area contributed by atoms with Crippen LogP contribution in [0.2, 0.25) is 0 Å². The Morgan fingerprint density at radius 3 is 2.53 bits per heavy atom. The third-order valence-electron chi connectivity index (χ3n) is 5.97. The molecule has 180 valence electrons. The lowest BCUT2D eigenvalue weighted by Gasteiger charge is -2.32. The van der Waals surface area contributed by atoms with Gasteiger partial charge in [0.1, 0.15) is 0 Å². The van der Waals surface area contributed by atoms with Crippen molar-refractivity contribution in [1.29, 1.82) is 0 Å². The van der Waals surface area contributed by atoms with Gasteiger partial charge in [-0.3, -0.25) is 9.59 Å². The number of nitrogens with zero attached hydrogens (tertiary/aromatic N) is 3. The number of hydrogen-bond donors (Lipinski definition) is 1. The number of benzene rings is 2. The Balaban J connectivity index is 1.63. The van der Waals surface area contributed by atoms with E-state index in [-0.39, 0.29) is 16.8 Å². The molecule has 3 aromatic rings. The van der Waals surface area contributed by atoms with Gasteiger partial charge in [-0.1, -0.05) is 17.8 Å². The highest BCUT2D eigenvalue weighted by Gasteiger charge is 2.30. The van der Waals surface area contributed by atoms with Gasteiger partial charge in [0.2, 0.25) is 15.9 Å². The molecule has 1 aliphatic rings. The van der Waals surface area contributed by atoms with Gasteiger partial charge in [0.25, 0.3) is 5.91 Å². The largest absolute Gasteiger partial charge is 0.326 e. The van der Waals surface area contributed by atoms with Crippen molar-refractivity contribution in [1.82, 2.24) is 8.87 Å².